The van der Waals surface area contributed by atoms with Crippen molar-refractivity contribution in [2.24, 2.45) is 16.6 Å². The van der Waals surface area contributed by atoms with Gasteiger partial charge < -0.3 is 5.73 Å². The molecule has 1 amide bonds. The van der Waals surface area contributed by atoms with Crippen LogP contribution in [0.15, 0.2) is 0 Å². The molecule has 0 aromatic carbocycles. The molecule has 1 unspecified atom stereocenters. The van der Waals surface area contributed by atoms with Crippen LogP contribution in [0.4, 0.5) is 0 Å². The standard InChI is InChI=1S/C7H13NO/c1-6(2)4-7(6,3)5(8)9/h4H2,1-3H3,(H2,8,9). The predicted octanol–water partition coefficient (Wildman–Crippen LogP) is 0.908. The van der Waals surface area contributed by atoms with E-state index in [0.29, 0.717) is 0 Å². The minimum absolute atomic E-state index is 0.152. The lowest BCUT2D eigenvalue weighted by atomic mass is 9.98. The van der Waals surface area contributed by atoms with Crippen molar-refractivity contribution in [3.05, 3.63) is 0 Å². The molecule has 1 saturated carbocycles. The van der Waals surface area contributed by atoms with E-state index in [2.05, 4.69) is 13.8 Å². The summed E-state index contributed by atoms with van der Waals surface area (Å²) in [5.74, 6) is -0.160. The van der Waals surface area contributed by atoms with Crippen LogP contribution in [-0.4, -0.2) is 5.91 Å². The molecule has 2 heteroatoms. The first kappa shape index (κ1) is 6.59. The van der Waals surface area contributed by atoms with Crippen LogP contribution < -0.4 is 5.73 Å². The number of carbonyl (C=O) groups excluding carboxylic acids is 1. The summed E-state index contributed by atoms with van der Waals surface area (Å²) in [6.45, 7) is 6.06. The average Bonchev–Trinajstić information content (AvgIpc) is 2.08. The van der Waals surface area contributed by atoms with Gasteiger partial charge >= 0.3 is 0 Å². The fourth-order valence-corrected chi connectivity index (χ4v) is 1.26. The molecular formula is C7H13NO. The second kappa shape index (κ2) is 1.31. The third-order valence-corrected chi connectivity index (χ3v) is 2.71. The quantitative estimate of drug-likeness (QED) is 0.559. The third kappa shape index (κ3) is 0.655. The van der Waals surface area contributed by atoms with Crippen LogP contribution >= 0.6 is 0 Å². The van der Waals surface area contributed by atoms with Crippen molar-refractivity contribution in [3.8, 4) is 0 Å². The minimum Gasteiger partial charge on any atom is -0.369 e. The molecule has 1 atom stereocenters. The Balaban J connectivity index is 2.74. The normalized spacial score (nSPS) is 38.1. The van der Waals surface area contributed by atoms with Crippen molar-refractivity contribution >= 4 is 5.91 Å². The summed E-state index contributed by atoms with van der Waals surface area (Å²) >= 11 is 0. The first-order chi connectivity index (χ1) is 3.90. The summed E-state index contributed by atoms with van der Waals surface area (Å²) in [5, 5.41) is 0. The van der Waals surface area contributed by atoms with Crippen molar-refractivity contribution < 1.29 is 4.79 Å². The molecule has 1 aliphatic rings. The van der Waals surface area contributed by atoms with E-state index in [-0.39, 0.29) is 16.7 Å². The van der Waals surface area contributed by atoms with E-state index < -0.39 is 0 Å². The van der Waals surface area contributed by atoms with Gasteiger partial charge in [0, 0.05) is 0 Å². The number of hydrogen-bond donors (Lipinski definition) is 1. The molecule has 0 heterocycles. The maximum absolute atomic E-state index is 10.7. The van der Waals surface area contributed by atoms with Crippen molar-refractivity contribution in [3.63, 3.8) is 0 Å². The van der Waals surface area contributed by atoms with Gasteiger partial charge in [-0.2, -0.15) is 0 Å². The highest BCUT2D eigenvalue weighted by molar-refractivity contribution is 5.84. The Kier molecular flexibility index (Phi) is 0.956. The van der Waals surface area contributed by atoms with Gasteiger partial charge in [-0.25, -0.2) is 0 Å². The summed E-state index contributed by atoms with van der Waals surface area (Å²) in [4.78, 5) is 10.7. The molecule has 9 heavy (non-hydrogen) atoms. The van der Waals surface area contributed by atoms with E-state index in [4.69, 9.17) is 5.73 Å². The zero-order chi connectivity index (χ0) is 7.28. The highest BCUT2D eigenvalue weighted by Gasteiger charge is 2.61. The predicted molar refractivity (Wildman–Crippen MR) is 35.7 cm³/mol. The maximum Gasteiger partial charge on any atom is 0.223 e. The third-order valence-electron chi connectivity index (χ3n) is 2.71. The molecule has 1 aliphatic carbocycles. The Morgan fingerprint density at radius 3 is 1.78 bits per heavy atom. The Labute approximate surface area is 55.4 Å². The van der Waals surface area contributed by atoms with E-state index in [9.17, 15) is 4.79 Å². The Bertz CT molecular complexity index is 162. The van der Waals surface area contributed by atoms with Gasteiger partial charge in [0.2, 0.25) is 5.91 Å². The topological polar surface area (TPSA) is 43.1 Å². The van der Waals surface area contributed by atoms with Crippen LogP contribution in [-0.2, 0) is 4.79 Å². The molecule has 1 rings (SSSR count). The van der Waals surface area contributed by atoms with E-state index >= 15 is 0 Å². The lowest BCUT2D eigenvalue weighted by Crippen LogP contribution is -2.25. The Hall–Kier alpha value is -0.530. The SMILES string of the molecule is CC1(C)CC1(C)C(N)=O. The first-order valence-corrected chi connectivity index (χ1v) is 3.20. The molecular weight excluding hydrogens is 114 g/mol. The van der Waals surface area contributed by atoms with E-state index in [1.807, 2.05) is 6.92 Å². The first-order valence-electron chi connectivity index (χ1n) is 3.20. The van der Waals surface area contributed by atoms with Crippen molar-refractivity contribution in [2.45, 2.75) is 27.2 Å². The van der Waals surface area contributed by atoms with Gasteiger partial charge in [-0.15, -0.1) is 0 Å². The minimum atomic E-state index is -0.215. The van der Waals surface area contributed by atoms with Crippen molar-refractivity contribution in [1.29, 1.82) is 0 Å². The molecule has 0 saturated heterocycles. The number of carbonyl (C=O) groups is 1. The molecule has 0 bridgehead atoms. The summed E-state index contributed by atoms with van der Waals surface area (Å²) < 4.78 is 0. The van der Waals surface area contributed by atoms with Crippen molar-refractivity contribution in [1.82, 2.24) is 0 Å². The van der Waals surface area contributed by atoms with Gasteiger partial charge in [-0.3, -0.25) is 4.79 Å². The van der Waals surface area contributed by atoms with Crippen LogP contribution in [0.5, 0.6) is 0 Å². The molecule has 0 spiro atoms. The molecule has 0 aromatic heterocycles. The molecule has 1 fully saturated rings. The Morgan fingerprint density at radius 1 is 1.44 bits per heavy atom. The van der Waals surface area contributed by atoms with Crippen LogP contribution in [0, 0.1) is 10.8 Å². The van der Waals surface area contributed by atoms with Crippen LogP contribution in [0.2, 0.25) is 0 Å². The molecule has 0 aliphatic heterocycles. The summed E-state index contributed by atoms with van der Waals surface area (Å²) in [7, 11) is 0. The van der Waals surface area contributed by atoms with E-state index in [1.54, 1.807) is 0 Å². The fraction of sp³-hybridized carbons (Fsp3) is 0.857. The Morgan fingerprint density at radius 2 is 1.78 bits per heavy atom. The van der Waals surface area contributed by atoms with Crippen molar-refractivity contribution in [2.75, 3.05) is 0 Å². The van der Waals surface area contributed by atoms with Crippen LogP contribution in [0.25, 0.3) is 0 Å². The number of hydrogen-bond acceptors (Lipinski definition) is 1. The monoisotopic (exact) mass is 127 g/mol. The highest BCUT2D eigenvalue weighted by atomic mass is 16.1. The molecule has 2 nitrogen and oxygen atoms in total. The zero-order valence-corrected chi connectivity index (χ0v) is 6.19. The van der Waals surface area contributed by atoms with Gasteiger partial charge in [-0.1, -0.05) is 20.8 Å². The van der Waals surface area contributed by atoms with Crippen LogP contribution in [0.1, 0.15) is 27.2 Å². The van der Waals surface area contributed by atoms with Gasteiger partial charge in [0.1, 0.15) is 0 Å². The second-order valence-corrected chi connectivity index (χ2v) is 3.76. The number of nitrogens with two attached hydrogens (primary N) is 1. The number of amides is 1. The van der Waals surface area contributed by atoms with E-state index in [1.165, 1.54) is 0 Å². The number of rotatable bonds is 1. The summed E-state index contributed by atoms with van der Waals surface area (Å²) in [5.41, 5.74) is 5.11. The lowest BCUT2D eigenvalue weighted by Gasteiger charge is -2.08. The molecule has 2 N–H and O–H groups in total. The average molecular weight is 127 g/mol. The molecule has 0 radical (unpaired) electrons. The highest BCUT2D eigenvalue weighted by Crippen LogP contribution is 2.62. The van der Waals surface area contributed by atoms with Gasteiger partial charge in [0.25, 0.3) is 0 Å². The van der Waals surface area contributed by atoms with Gasteiger partial charge in [0.05, 0.1) is 5.41 Å². The smallest absolute Gasteiger partial charge is 0.223 e. The fourth-order valence-electron chi connectivity index (χ4n) is 1.26. The number of primary amides is 1. The maximum atomic E-state index is 10.7. The lowest BCUT2D eigenvalue weighted by molar-refractivity contribution is -0.123. The van der Waals surface area contributed by atoms with Gasteiger partial charge in [-0.05, 0) is 11.8 Å². The largest absolute Gasteiger partial charge is 0.369 e. The molecule has 0 aromatic rings. The van der Waals surface area contributed by atoms with Gasteiger partial charge in [0.15, 0.2) is 0 Å². The zero-order valence-electron chi connectivity index (χ0n) is 6.19. The summed E-state index contributed by atoms with van der Waals surface area (Å²) in [6.07, 6.45) is 0.940. The molecule has 52 valence electrons. The van der Waals surface area contributed by atoms with Crippen LogP contribution in [0.3, 0.4) is 0 Å². The van der Waals surface area contributed by atoms with E-state index in [0.717, 1.165) is 6.42 Å². The second-order valence-electron chi connectivity index (χ2n) is 3.76. The summed E-state index contributed by atoms with van der Waals surface area (Å²) in [6, 6.07) is 0.